The van der Waals surface area contributed by atoms with Gasteiger partial charge in [0.15, 0.2) is 11.4 Å². The second-order valence-corrected chi connectivity index (χ2v) is 8.43. The van der Waals surface area contributed by atoms with Crippen LogP contribution < -0.4 is 5.73 Å². The Morgan fingerprint density at radius 2 is 1.94 bits per heavy atom. The first-order chi connectivity index (χ1) is 15.5. The third-order valence-corrected chi connectivity index (χ3v) is 6.44. The van der Waals surface area contributed by atoms with Crippen LogP contribution in [-0.4, -0.2) is 43.5 Å². The summed E-state index contributed by atoms with van der Waals surface area (Å²) in [6.07, 6.45) is 3.52. The highest BCUT2D eigenvalue weighted by atomic mass is 16.3. The van der Waals surface area contributed by atoms with Crippen molar-refractivity contribution in [1.82, 2.24) is 0 Å². The Morgan fingerprint density at radius 1 is 1.27 bits per heavy atom. The maximum atomic E-state index is 13.6. The molecule has 0 spiro atoms. The maximum absolute atomic E-state index is 13.6. The zero-order valence-corrected chi connectivity index (χ0v) is 18.7. The number of primary amides is 1. The summed E-state index contributed by atoms with van der Waals surface area (Å²) >= 11 is 0. The molecule has 0 saturated heterocycles. The number of aliphatic hydroxyl groups is 4. The summed E-state index contributed by atoms with van der Waals surface area (Å²) in [5.74, 6) is -0.583. The molecule has 174 valence electrons. The minimum atomic E-state index is -2.57. The average molecular weight is 453 g/mol. The van der Waals surface area contributed by atoms with Gasteiger partial charge in [-0.1, -0.05) is 24.8 Å². The van der Waals surface area contributed by atoms with Crippen molar-refractivity contribution in [2.75, 3.05) is 0 Å². The molecule has 0 aliphatic heterocycles. The van der Waals surface area contributed by atoms with E-state index in [1.54, 1.807) is 19.9 Å². The predicted octanol–water partition coefficient (Wildman–Crippen LogP) is 2.53. The molecule has 1 fully saturated rings. The minimum absolute atomic E-state index is 0.0624. The van der Waals surface area contributed by atoms with Crippen molar-refractivity contribution in [3.05, 3.63) is 57.3 Å². The van der Waals surface area contributed by atoms with Gasteiger partial charge >= 0.3 is 0 Å². The van der Waals surface area contributed by atoms with Gasteiger partial charge in [0.05, 0.1) is 5.57 Å². The molecule has 8 heteroatoms. The molecule has 0 aromatic heterocycles. The highest BCUT2D eigenvalue weighted by Gasteiger charge is 2.59. The lowest BCUT2D eigenvalue weighted by atomic mass is 9.59. The number of amides is 1. The number of ketones is 2. The lowest BCUT2D eigenvalue weighted by Gasteiger charge is -2.46. The van der Waals surface area contributed by atoms with E-state index in [1.165, 1.54) is 6.08 Å². The monoisotopic (exact) mass is 453 g/mol. The van der Waals surface area contributed by atoms with Gasteiger partial charge < -0.3 is 26.2 Å². The first kappa shape index (κ1) is 24.1. The molecule has 6 N–H and O–H groups in total. The van der Waals surface area contributed by atoms with Crippen molar-refractivity contribution >= 4 is 17.5 Å². The Kier molecular flexibility index (Phi) is 6.39. The molecule has 0 heterocycles. The molecule has 1 amide bonds. The first-order valence-corrected chi connectivity index (χ1v) is 10.7. The van der Waals surface area contributed by atoms with Gasteiger partial charge in [0.2, 0.25) is 5.78 Å². The van der Waals surface area contributed by atoms with Gasteiger partial charge in [-0.25, -0.2) is 0 Å². The lowest BCUT2D eigenvalue weighted by Crippen LogP contribution is -2.57. The Labute approximate surface area is 191 Å². The number of nitrogens with two attached hydrogens (primary N) is 1. The molecule has 3 aliphatic carbocycles. The molecular formula is C25H27NO7. The highest BCUT2D eigenvalue weighted by molar-refractivity contribution is 6.24. The molecule has 1 saturated carbocycles. The van der Waals surface area contributed by atoms with Crippen molar-refractivity contribution < 1.29 is 34.8 Å². The highest BCUT2D eigenvalue weighted by Crippen LogP contribution is 2.52. The Hall–Kier alpha value is -3.57. The van der Waals surface area contributed by atoms with E-state index in [0.717, 1.165) is 0 Å². The summed E-state index contributed by atoms with van der Waals surface area (Å²) < 4.78 is 0. The molecule has 0 radical (unpaired) electrons. The maximum Gasteiger partial charge on any atom is 0.255 e. The van der Waals surface area contributed by atoms with Gasteiger partial charge in [0.1, 0.15) is 22.9 Å². The summed E-state index contributed by atoms with van der Waals surface area (Å²) in [6, 6.07) is 0. The zero-order valence-electron chi connectivity index (χ0n) is 18.7. The van der Waals surface area contributed by atoms with E-state index < -0.39 is 52.0 Å². The fraction of sp³-hybridized carbons (Fsp3) is 0.400. The number of hydrogen-bond donors (Lipinski definition) is 5. The molecule has 3 aliphatic rings. The van der Waals surface area contributed by atoms with Gasteiger partial charge in [0, 0.05) is 29.9 Å². The Morgan fingerprint density at radius 3 is 2.52 bits per heavy atom. The molecule has 0 bridgehead atoms. The summed E-state index contributed by atoms with van der Waals surface area (Å²) in [5.41, 5.74) is 2.69. The van der Waals surface area contributed by atoms with Crippen molar-refractivity contribution in [1.29, 1.82) is 0 Å². The van der Waals surface area contributed by atoms with Crippen LogP contribution in [0.5, 0.6) is 0 Å². The molecular weight excluding hydrogens is 426 g/mol. The Balaban J connectivity index is 2.26. The third kappa shape index (κ3) is 3.68. The van der Waals surface area contributed by atoms with Crippen LogP contribution in [0.2, 0.25) is 0 Å². The van der Waals surface area contributed by atoms with Crippen LogP contribution >= 0.6 is 0 Å². The van der Waals surface area contributed by atoms with E-state index in [0.29, 0.717) is 17.6 Å². The number of fused-ring (bicyclic) bond motifs is 2. The number of rotatable bonds is 2. The standard InChI is InChI=1S/C25H27NO7/c1-4-6-8-12(3)15-10-13-9-14-11-17(28)20(24(26)32)23(31)25(14,33)22(30)18(13)21(29)19(15)16(27)7-5-2/h5,7,13-14,27-28,30,33H,4,9-11H2,1-3H3,(H2,26,32)/b7-5-,15-12+,19-16-/t13-,14+,25+/m1/s1. The fourth-order valence-corrected chi connectivity index (χ4v) is 4.91. The van der Waals surface area contributed by atoms with Gasteiger partial charge in [-0.3, -0.25) is 14.4 Å². The summed E-state index contributed by atoms with van der Waals surface area (Å²) in [4.78, 5) is 38.2. The van der Waals surface area contributed by atoms with E-state index in [1.807, 2.05) is 6.92 Å². The quantitative estimate of drug-likeness (QED) is 0.186. The van der Waals surface area contributed by atoms with E-state index in [9.17, 15) is 34.8 Å². The van der Waals surface area contributed by atoms with Crippen LogP contribution in [-0.2, 0) is 14.4 Å². The van der Waals surface area contributed by atoms with Crippen molar-refractivity contribution in [2.45, 2.75) is 52.1 Å². The first-order valence-electron chi connectivity index (χ1n) is 10.7. The number of carbonyl (C=O) groups excluding carboxylic acids is 3. The van der Waals surface area contributed by atoms with Crippen LogP contribution in [0.25, 0.3) is 0 Å². The fourth-order valence-electron chi connectivity index (χ4n) is 4.91. The largest absolute Gasteiger partial charge is 0.511 e. The lowest BCUT2D eigenvalue weighted by molar-refractivity contribution is -0.144. The minimum Gasteiger partial charge on any atom is -0.511 e. The van der Waals surface area contributed by atoms with E-state index >= 15 is 0 Å². The third-order valence-electron chi connectivity index (χ3n) is 6.44. The van der Waals surface area contributed by atoms with Gasteiger partial charge in [-0.05, 0) is 44.3 Å². The van der Waals surface area contributed by atoms with Crippen LogP contribution in [0, 0.1) is 23.7 Å². The summed E-state index contributed by atoms with van der Waals surface area (Å²) in [5, 5.41) is 43.1. The van der Waals surface area contributed by atoms with Gasteiger partial charge in [-0.15, -0.1) is 0 Å². The molecule has 0 aromatic carbocycles. The number of hydrogen-bond acceptors (Lipinski definition) is 7. The second-order valence-electron chi connectivity index (χ2n) is 8.43. The smallest absolute Gasteiger partial charge is 0.255 e. The summed E-state index contributed by atoms with van der Waals surface area (Å²) in [6.45, 7) is 5.28. The number of Topliss-reactive ketones (excluding diaryl/α,β-unsaturated/α-hetero) is 2. The van der Waals surface area contributed by atoms with Crippen LogP contribution in [0.4, 0.5) is 0 Å². The van der Waals surface area contributed by atoms with Crippen molar-refractivity contribution in [3.8, 4) is 11.8 Å². The van der Waals surface area contributed by atoms with E-state index in [-0.39, 0.29) is 36.2 Å². The van der Waals surface area contributed by atoms with Crippen molar-refractivity contribution in [3.63, 3.8) is 0 Å². The topological polar surface area (TPSA) is 158 Å². The molecule has 3 rings (SSSR count). The number of aliphatic hydroxyl groups excluding tert-OH is 3. The summed E-state index contributed by atoms with van der Waals surface area (Å²) in [7, 11) is 0. The van der Waals surface area contributed by atoms with Crippen LogP contribution in [0.15, 0.2) is 57.3 Å². The van der Waals surface area contributed by atoms with Gasteiger partial charge in [0.25, 0.3) is 5.91 Å². The zero-order chi connectivity index (χ0) is 24.7. The van der Waals surface area contributed by atoms with E-state index in [4.69, 9.17) is 5.73 Å². The molecule has 8 nitrogen and oxygen atoms in total. The number of allylic oxidation sites excluding steroid dienone is 7. The van der Waals surface area contributed by atoms with Crippen LogP contribution in [0.3, 0.4) is 0 Å². The average Bonchev–Trinajstić information content (AvgIpc) is 2.74. The normalized spacial score (nSPS) is 30.5. The molecule has 3 atom stereocenters. The van der Waals surface area contributed by atoms with Crippen molar-refractivity contribution in [2.24, 2.45) is 17.6 Å². The van der Waals surface area contributed by atoms with E-state index in [2.05, 4.69) is 11.8 Å². The predicted molar refractivity (Wildman–Crippen MR) is 120 cm³/mol. The van der Waals surface area contributed by atoms with Gasteiger partial charge in [-0.2, -0.15) is 0 Å². The molecule has 0 aromatic rings. The second kappa shape index (κ2) is 8.75. The van der Waals surface area contributed by atoms with Crippen LogP contribution in [0.1, 0.15) is 46.5 Å². The SMILES string of the molecule is C\C=C/C(O)=C1/C(=O)C2=C(O)[C@]3(O)C(=O)C(C(N)=O)=C(O)C[C@@H]3C[C@@H]2C/C1=C(/C)C#CCC. The Bertz CT molecular complexity index is 1170. The molecule has 0 unspecified atom stereocenters. The number of carbonyl (C=O) groups is 3. The molecule has 33 heavy (non-hydrogen) atoms.